The predicted molar refractivity (Wildman–Crippen MR) is 91.5 cm³/mol. The number of carbonyl (C=O) groups excluding carboxylic acids is 2. The molecule has 1 aromatic rings. The predicted octanol–water partition coefficient (Wildman–Crippen LogP) is 1.20. The van der Waals surface area contributed by atoms with Crippen LogP contribution < -0.4 is 14.8 Å². The van der Waals surface area contributed by atoms with E-state index in [0.717, 1.165) is 26.2 Å². The Balaban J connectivity index is 1.83. The number of anilines is 1. The molecule has 0 bridgehead atoms. The normalized spacial score (nSPS) is 15.0. The molecule has 0 aromatic heterocycles. The topological polar surface area (TPSA) is 71.1 Å². The first-order valence-corrected chi connectivity index (χ1v) is 8.03. The smallest absolute Gasteiger partial charge is 0.225 e. The van der Waals surface area contributed by atoms with Crippen molar-refractivity contribution < 1.29 is 19.1 Å². The molecule has 1 N–H and O–H groups in total. The average Bonchev–Trinajstić information content (AvgIpc) is 2.60. The monoisotopic (exact) mass is 335 g/mol. The van der Waals surface area contributed by atoms with Crippen LogP contribution in [0.15, 0.2) is 18.2 Å². The van der Waals surface area contributed by atoms with Gasteiger partial charge in [-0.15, -0.1) is 0 Å². The van der Waals surface area contributed by atoms with Crippen LogP contribution in [0.5, 0.6) is 11.5 Å². The third kappa shape index (κ3) is 4.86. The lowest BCUT2D eigenvalue weighted by Gasteiger charge is -2.34. The zero-order valence-electron chi connectivity index (χ0n) is 14.5. The molecule has 2 rings (SSSR count). The van der Waals surface area contributed by atoms with Crippen molar-refractivity contribution in [3.63, 3.8) is 0 Å². The molecule has 1 aromatic carbocycles. The highest BCUT2D eigenvalue weighted by Gasteiger charge is 2.19. The van der Waals surface area contributed by atoms with Crippen LogP contribution in [0.1, 0.15) is 13.3 Å². The molecule has 7 heteroatoms. The van der Waals surface area contributed by atoms with Gasteiger partial charge in [0.25, 0.3) is 0 Å². The summed E-state index contributed by atoms with van der Waals surface area (Å²) >= 11 is 0. The van der Waals surface area contributed by atoms with Crippen molar-refractivity contribution in [1.29, 1.82) is 0 Å². The Morgan fingerprint density at radius 3 is 2.42 bits per heavy atom. The second-order valence-electron chi connectivity index (χ2n) is 5.71. The maximum Gasteiger partial charge on any atom is 0.225 e. The summed E-state index contributed by atoms with van der Waals surface area (Å²) in [5, 5.41) is 2.87. The zero-order chi connectivity index (χ0) is 17.5. The van der Waals surface area contributed by atoms with E-state index in [4.69, 9.17) is 9.47 Å². The van der Waals surface area contributed by atoms with Crippen LogP contribution in [-0.4, -0.2) is 68.6 Å². The summed E-state index contributed by atoms with van der Waals surface area (Å²) in [5.74, 6) is 1.29. The molecule has 24 heavy (non-hydrogen) atoms. The molecule has 1 heterocycles. The summed E-state index contributed by atoms with van der Waals surface area (Å²) < 4.78 is 10.4. The summed E-state index contributed by atoms with van der Waals surface area (Å²) in [7, 11) is 3.14. The minimum atomic E-state index is -0.0736. The largest absolute Gasteiger partial charge is 0.497 e. The second-order valence-corrected chi connectivity index (χ2v) is 5.71. The Morgan fingerprint density at radius 2 is 1.83 bits per heavy atom. The average molecular weight is 335 g/mol. The summed E-state index contributed by atoms with van der Waals surface area (Å²) in [6.07, 6.45) is 0.389. The van der Waals surface area contributed by atoms with Crippen LogP contribution in [0.3, 0.4) is 0 Å². The lowest BCUT2D eigenvalue weighted by atomic mass is 10.2. The third-order valence-corrected chi connectivity index (χ3v) is 4.15. The molecule has 0 aliphatic carbocycles. The van der Waals surface area contributed by atoms with E-state index in [1.54, 1.807) is 39.3 Å². The van der Waals surface area contributed by atoms with Crippen LogP contribution in [-0.2, 0) is 9.59 Å². The van der Waals surface area contributed by atoms with Crippen molar-refractivity contribution in [2.24, 2.45) is 0 Å². The number of nitrogens with zero attached hydrogens (tertiary/aromatic N) is 2. The molecular formula is C17H25N3O4. The van der Waals surface area contributed by atoms with Crippen LogP contribution in [0, 0.1) is 0 Å². The fourth-order valence-corrected chi connectivity index (χ4v) is 2.67. The SMILES string of the molecule is COc1ccc(OC)c(NC(=O)CCN2CCN(C(C)=O)CC2)c1. The molecule has 7 nitrogen and oxygen atoms in total. The lowest BCUT2D eigenvalue weighted by Crippen LogP contribution is -2.48. The minimum absolute atomic E-state index is 0.0736. The quantitative estimate of drug-likeness (QED) is 0.846. The van der Waals surface area contributed by atoms with Gasteiger partial charge in [0.1, 0.15) is 11.5 Å². The third-order valence-electron chi connectivity index (χ3n) is 4.15. The van der Waals surface area contributed by atoms with Gasteiger partial charge in [0, 0.05) is 52.1 Å². The van der Waals surface area contributed by atoms with Crippen molar-refractivity contribution >= 4 is 17.5 Å². The summed E-state index contributed by atoms with van der Waals surface area (Å²) in [4.78, 5) is 27.5. The molecule has 1 aliphatic heterocycles. The van der Waals surface area contributed by atoms with Crippen molar-refractivity contribution in [3.8, 4) is 11.5 Å². The van der Waals surface area contributed by atoms with Gasteiger partial charge >= 0.3 is 0 Å². The number of carbonyl (C=O) groups is 2. The number of hydrogen-bond donors (Lipinski definition) is 1. The number of rotatable bonds is 6. The Bertz CT molecular complexity index is 583. The minimum Gasteiger partial charge on any atom is -0.497 e. The van der Waals surface area contributed by atoms with E-state index in [0.29, 0.717) is 30.2 Å². The first kappa shape index (κ1) is 18.1. The first-order chi connectivity index (χ1) is 11.5. The van der Waals surface area contributed by atoms with E-state index in [2.05, 4.69) is 10.2 Å². The molecule has 1 aliphatic rings. The van der Waals surface area contributed by atoms with Gasteiger partial charge in [-0.05, 0) is 12.1 Å². The van der Waals surface area contributed by atoms with Crippen LogP contribution in [0.2, 0.25) is 0 Å². The fourth-order valence-electron chi connectivity index (χ4n) is 2.67. The molecule has 0 radical (unpaired) electrons. The van der Waals surface area contributed by atoms with Gasteiger partial charge in [-0.2, -0.15) is 0 Å². The Kier molecular flexibility index (Phi) is 6.43. The summed E-state index contributed by atoms with van der Waals surface area (Å²) in [5.41, 5.74) is 0.600. The highest BCUT2D eigenvalue weighted by Crippen LogP contribution is 2.28. The van der Waals surface area contributed by atoms with E-state index in [9.17, 15) is 9.59 Å². The van der Waals surface area contributed by atoms with E-state index in [1.807, 2.05) is 4.90 Å². The van der Waals surface area contributed by atoms with Gasteiger partial charge in [-0.25, -0.2) is 0 Å². The number of methoxy groups -OCH3 is 2. The zero-order valence-corrected chi connectivity index (χ0v) is 14.5. The van der Waals surface area contributed by atoms with Crippen molar-refractivity contribution in [3.05, 3.63) is 18.2 Å². The van der Waals surface area contributed by atoms with Crippen LogP contribution >= 0.6 is 0 Å². The molecule has 132 valence electrons. The molecule has 0 atom stereocenters. The molecule has 0 unspecified atom stereocenters. The standard InChI is InChI=1S/C17H25N3O4/c1-13(21)20-10-8-19(9-11-20)7-6-17(22)18-15-12-14(23-2)4-5-16(15)24-3/h4-5,12H,6-11H2,1-3H3,(H,18,22). The van der Waals surface area contributed by atoms with Crippen molar-refractivity contribution in [2.75, 3.05) is 52.3 Å². The van der Waals surface area contributed by atoms with E-state index >= 15 is 0 Å². The molecule has 1 fully saturated rings. The number of nitrogens with one attached hydrogen (secondary N) is 1. The molecule has 2 amide bonds. The maximum atomic E-state index is 12.2. The number of benzene rings is 1. The Labute approximate surface area is 142 Å². The second kappa shape index (κ2) is 8.54. The van der Waals surface area contributed by atoms with E-state index in [1.165, 1.54) is 0 Å². The Hall–Kier alpha value is -2.28. The van der Waals surface area contributed by atoms with Crippen molar-refractivity contribution in [2.45, 2.75) is 13.3 Å². The molecule has 0 saturated carbocycles. The van der Waals surface area contributed by atoms with E-state index in [-0.39, 0.29) is 11.8 Å². The molecule has 1 saturated heterocycles. The van der Waals surface area contributed by atoms with Gasteiger partial charge in [0.05, 0.1) is 19.9 Å². The summed E-state index contributed by atoms with van der Waals surface area (Å²) in [6.45, 7) is 5.31. The highest BCUT2D eigenvalue weighted by atomic mass is 16.5. The summed E-state index contributed by atoms with van der Waals surface area (Å²) in [6, 6.07) is 5.28. The highest BCUT2D eigenvalue weighted by molar-refractivity contribution is 5.92. The van der Waals surface area contributed by atoms with Gasteiger partial charge < -0.3 is 19.7 Å². The lowest BCUT2D eigenvalue weighted by molar-refractivity contribution is -0.130. The maximum absolute atomic E-state index is 12.2. The molecule has 0 spiro atoms. The van der Waals surface area contributed by atoms with E-state index < -0.39 is 0 Å². The van der Waals surface area contributed by atoms with Crippen LogP contribution in [0.25, 0.3) is 0 Å². The fraction of sp³-hybridized carbons (Fsp3) is 0.529. The van der Waals surface area contributed by atoms with Gasteiger partial charge in [-0.1, -0.05) is 0 Å². The Morgan fingerprint density at radius 1 is 1.12 bits per heavy atom. The first-order valence-electron chi connectivity index (χ1n) is 8.03. The van der Waals surface area contributed by atoms with Crippen LogP contribution in [0.4, 0.5) is 5.69 Å². The number of hydrogen-bond acceptors (Lipinski definition) is 5. The van der Waals surface area contributed by atoms with Gasteiger partial charge in [0.2, 0.25) is 11.8 Å². The van der Waals surface area contributed by atoms with Gasteiger partial charge in [-0.3, -0.25) is 14.5 Å². The number of ether oxygens (including phenoxy) is 2. The number of piperazine rings is 1. The number of amides is 2. The van der Waals surface area contributed by atoms with Gasteiger partial charge in [0.15, 0.2) is 0 Å². The molecular weight excluding hydrogens is 310 g/mol. The van der Waals surface area contributed by atoms with Crippen molar-refractivity contribution in [1.82, 2.24) is 9.80 Å².